The van der Waals surface area contributed by atoms with Gasteiger partial charge in [-0.15, -0.1) is 24.0 Å². The molecule has 1 unspecified atom stereocenters. The van der Waals surface area contributed by atoms with Crippen molar-refractivity contribution in [3.8, 4) is 0 Å². The number of hydrogen-bond acceptors (Lipinski definition) is 2. The Kier molecular flexibility index (Phi) is 7.05. The molecule has 3 aliphatic rings. The lowest BCUT2D eigenvalue weighted by molar-refractivity contribution is 0.114. The Morgan fingerprint density at radius 3 is 2.38 bits per heavy atom. The van der Waals surface area contributed by atoms with Crippen molar-refractivity contribution in [1.29, 1.82) is 0 Å². The molecular weight excluding hydrogens is 377 g/mol. The molecule has 0 aromatic carbocycles. The molecule has 0 aromatic rings. The van der Waals surface area contributed by atoms with Gasteiger partial charge in [0, 0.05) is 26.2 Å². The van der Waals surface area contributed by atoms with Crippen LogP contribution in [0.4, 0.5) is 0 Å². The van der Waals surface area contributed by atoms with E-state index >= 15 is 0 Å². The summed E-state index contributed by atoms with van der Waals surface area (Å²) in [6, 6.07) is 0. The zero-order chi connectivity index (χ0) is 13.8. The fourth-order valence-electron chi connectivity index (χ4n) is 3.29. The van der Waals surface area contributed by atoms with Crippen molar-refractivity contribution in [3.63, 3.8) is 0 Å². The summed E-state index contributed by atoms with van der Waals surface area (Å²) in [5.74, 6) is 3.79. The molecule has 2 aliphatic carbocycles. The third-order valence-electron chi connectivity index (χ3n) is 4.78. The maximum absolute atomic E-state index is 5.66. The molecule has 1 heterocycles. The Hall–Kier alpha value is -0.0400. The molecule has 1 aliphatic heterocycles. The molecule has 4 nitrogen and oxygen atoms in total. The number of rotatable bonds is 7. The number of hydrogen-bond donors (Lipinski definition) is 2. The maximum atomic E-state index is 5.66. The van der Waals surface area contributed by atoms with Crippen molar-refractivity contribution in [2.75, 3.05) is 26.2 Å². The van der Waals surface area contributed by atoms with E-state index in [0.29, 0.717) is 6.10 Å². The lowest BCUT2D eigenvalue weighted by Gasteiger charge is -2.17. The molecule has 0 spiro atoms. The Labute approximate surface area is 145 Å². The SMILES string of the molecule is CCNC(=NCC(C1CC1)C1CC1)NCC1CCCO1.I. The first kappa shape index (κ1) is 17.3. The van der Waals surface area contributed by atoms with E-state index in [1.807, 2.05) is 0 Å². The fourth-order valence-corrected chi connectivity index (χ4v) is 3.29. The zero-order valence-electron chi connectivity index (χ0n) is 13.1. The van der Waals surface area contributed by atoms with Crippen LogP contribution in [0.2, 0.25) is 0 Å². The van der Waals surface area contributed by atoms with Gasteiger partial charge in [0.05, 0.1) is 6.10 Å². The highest BCUT2D eigenvalue weighted by molar-refractivity contribution is 14.0. The minimum absolute atomic E-state index is 0. The van der Waals surface area contributed by atoms with Gasteiger partial charge in [0.2, 0.25) is 0 Å². The van der Waals surface area contributed by atoms with Crippen molar-refractivity contribution < 1.29 is 4.74 Å². The topological polar surface area (TPSA) is 45.7 Å². The van der Waals surface area contributed by atoms with Crippen LogP contribution in [0.25, 0.3) is 0 Å². The largest absolute Gasteiger partial charge is 0.376 e. The Morgan fingerprint density at radius 1 is 1.14 bits per heavy atom. The Balaban J connectivity index is 0.00000161. The minimum atomic E-state index is 0. The molecule has 122 valence electrons. The van der Waals surface area contributed by atoms with Crippen LogP contribution in [0.3, 0.4) is 0 Å². The third kappa shape index (κ3) is 5.58. The number of guanidine groups is 1. The lowest BCUT2D eigenvalue weighted by Crippen LogP contribution is -2.41. The number of nitrogens with zero attached hydrogens (tertiary/aromatic N) is 1. The Bertz CT molecular complexity index is 324. The number of nitrogens with one attached hydrogen (secondary N) is 2. The summed E-state index contributed by atoms with van der Waals surface area (Å²) in [7, 11) is 0. The molecule has 1 atom stereocenters. The minimum Gasteiger partial charge on any atom is -0.376 e. The van der Waals surface area contributed by atoms with Crippen LogP contribution >= 0.6 is 24.0 Å². The molecule has 0 bridgehead atoms. The molecule has 0 amide bonds. The molecule has 2 saturated carbocycles. The van der Waals surface area contributed by atoms with Gasteiger partial charge >= 0.3 is 0 Å². The predicted octanol–water partition coefficient (Wildman–Crippen LogP) is 2.77. The van der Waals surface area contributed by atoms with Gasteiger partial charge in [-0.25, -0.2) is 0 Å². The highest BCUT2D eigenvalue weighted by Gasteiger charge is 2.41. The number of aliphatic imine (C=N–C) groups is 1. The van der Waals surface area contributed by atoms with E-state index in [0.717, 1.165) is 50.0 Å². The Morgan fingerprint density at radius 2 is 1.86 bits per heavy atom. The average molecular weight is 407 g/mol. The first-order chi connectivity index (χ1) is 9.86. The van der Waals surface area contributed by atoms with Crippen LogP contribution < -0.4 is 10.6 Å². The van der Waals surface area contributed by atoms with E-state index in [1.54, 1.807) is 0 Å². The van der Waals surface area contributed by atoms with Crippen LogP contribution in [0.1, 0.15) is 45.4 Å². The molecule has 3 rings (SSSR count). The summed E-state index contributed by atoms with van der Waals surface area (Å²) in [4.78, 5) is 4.84. The lowest BCUT2D eigenvalue weighted by atomic mass is 9.98. The molecule has 3 fully saturated rings. The summed E-state index contributed by atoms with van der Waals surface area (Å²) >= 11 is 0. The van der Waals surface area contributed by atoms with Crippen molar-refractivity contribution >= 4 is 29.9 Å². The van der Waals surface area contributed by atoms with Crippen molar-refractivity contribution in [2.24, 2.45) is 22.7 Å². The van der Waals surface area contributed by atoms with Crippen molar-refractivity contribution in [2.45, 2.75) is 51.6 Å². The average Bonchev–Trinajstić information content (AvgIpc) is 3.38. The van der Waals surface area contributed by atoms with Crippen LogP contribution in [0, 0.1) is 17.8 Å². The molecule has 0 radical (unpaired) electrons. The second-order valence-corrected chi connectivity index (χ2v) is 6.57. The van der Waals surface area contributed by atoms with Gasteiger partial charge in [-0.3, -0.25) is 4.99 Å². The van der Waals surface area contributed by atoms with E-state index in [4.69, 9.17) is 9.73 Å². The first-order valence-corrected chi connectivity index (χ1v) is 8.50. The van der Waals surface area contributed by atoms with Gasteiger partial charge in [-0.2, -0.15) is 0 Å². The zero-order valence-corrected chi connectivity index (χ0v) is 15.5. The molecule has 2 N–H and O–H groups in total. The van der Waals surface area contributed by atoms with Gasteiger partial charge in [0.1, 0.15) is 0 Å². The summed E-state index contributed by atoms with van der Waals surface area (Å²) in [6.45, 7) is 5.88. The van der Waals surface area contributed by atoms with Crippen molar-refractivity contribution in [1.82, 2.24) is 10.6 Å². The van der Waals surface area contributed by atoms with E-state index in [9.17, 15) is 0 Å². The summed E-state index contributed by atoms with van der Waals surface area (Å²) in [5, 5.41) is 6.81. The van der Waals surface area contributed by atoms with Crippen LogP contribution in [0.15, 0.2) is 4.99 Å². The van der Waals surface area contributed by atoms with Crippen LogP contribution in [-0.2, 0) is 4.74 Å². The molecule has 5 heteroatoms. The van der Waals surface area contributed by atoms with Gasteiger partial charge in [0.15, 0.2) is 5.96 Å². The van der Waals surface area contributed by atoms with Gasteiger partial charge in [0.25, 0.3) is 0 Å². The summed E-state index contributed by atoms with van der Waals surface area (Å²) in [6.07, 6.45) is 8.52. The third-order valence-corrected chi connectivity index (χ3v) is 4.78. The highest BCUT2D eigenvalue weighted by atomic mass is 127. The second-order valence-electron chi connectivity index (χ2n) is 6.57. The quantitative estimate of drug-likeness (QED) is 0.388. The van der Waals surface area contributed by atoms with E-state index in [2.05, 4.69) is 17.6 Å². The van der Waals surface area contributed by atoms with Gasteiger partial charge in [-0.1, -0.05) is 0 Å². The van der Waals surface area contributed by atoms with Crippen molar-refractivity contribution in [3.05, 3.63) is 0 Å². The first-order valence-electron chi connectivity index (χ1n) is 8.50. The smallest absolute Gasteiger partial charge is 0.191 e. The monoisotopic (exact) mass is 407 g/mol. The number of ether oxygens (including phenoxy) is 1. The van der Waals surface area contributed by atoms with Crippen LogP contribution in [0.5, 0.6) is 0 Å². The normalized spacial score (nSPS) is 25.8. The van der Waals surface area contributed by atoms with E-state index in [1.165, 1.54) is 38.5 Å². The predicted molar refractivity (Wildman–Crippen MR) is 97.3 cm³/mol. The van der Waals surface area contributed by atoms with Gasteiger partial charge < -0.3 is 15.4 Å². The maximum Gasteiger partial charge on any atom is 0.191 e. The fraction of sp³-hybridized carbons (Fsp3) is 0.938. The summed E-state index contributed by atoms with van der Waals surface area (Å²) < 4.78 is 5.66. The molecule has 21 heavy (non-hydrogen) atoms. The van der Waals surface area contributed by atoms with E-state index in [-0.39, 0.29) is 24.0 Å². The number of halogens is 1. The standard InChI is InChI=1S/C16H29N3O.HI/c1-2-17-16(18-10-14-4-3-9-20-14)19-11-15(12-5-6-12)13-7-8-13;/h12-15H,2-11H2,1H3,(H2,17,18,19);1H. The molecule has 0 aromatic heterocycles. The highest BCUT2D eigenvalue weighted by Crippen LogP contribution is 2.49. The molecule has 1 saturated heterocycles. The van der Waals surface area contributed by atoms with E-state index < -0.39 is 0 Å². The second kappa shape index (κ2) is 8.56. The van der Waals surface area contributed by atoms with Gasteiger partial charge in [-0.05, 0) is 63.2 Å². The summed E-state index contributed by atoms with van der Waals surface area (Å²) in [5.41, 5.74) is 0. The van der Waals surface area contributed by atoms with Crippen LogP contribution in [-0.4, -0.2) is 38.3 Å². The molecular formula is C16H30IN3O.